The van der Waals surface area contributed by atoms with Crippen LogP contribution in [0.4, 0.5) is 23.4 Å². The van der Waals surface area contributed by atoms with E-state index in [1.807, 2.05) is 13.0 Å². The predicted octanol–water partition coefficient (Wildman–Crippen LogP) is 5.24. The Labute approximate surface area is 222 Å². The summed E-state index contributed by atoms with van der Waals surface area (Å²) in [6.45, 7) is 2.02. The minimum Gasteiger partial charge on any atom is -0.459 e. The number of aryl methyl sites for hydroxylation is 1. The van der Waals surface area contributed by atoms with Crippen molar-refractivity contribution in [1.29, 1.82) is 0 Å². The van der Waals surface area contributed by atoms with Crippen LogP contribution in [0.2, 0.25) is 4.47 Å². The number of fused-ring (bicyclic) bond motifs is 1. The molecule has 0 aliphatic carbocycles. The number of carbonyl (C=O) groups excluding carboxylic acids is 1. The summed E-state index contributed by atoms with van der Waals surface area (Å²) >= 11 is 7.21. The van der Waals surface area contributed by atoms with Gasteiger partial charge >= 0.3 is 24.0 Å². The molecule has 2 aromatic carbocycles. The fraction of sp³-hybridized carbons (Fsp3) is 0.115. The highest BCUT2D eigenvalue weighted by Gasteiger charge is 2.46. The summed E-state index contributed by atoms with van der Waals surface area (Å²) in [6.07, 6.45) is -1.75. The Balaban J connectivity index is 1.61. The van der Waals surface area contributed by atoms with Crippen LogP contribution in [0, 0.1) is 12.7 Å². The van der Waals surface area contributed by atoms with E-state index in [9.17, 15) is 27.5 Å². The number of nitrogens with one attached hydrogen (secondary N) is 1. The summed E-state index contributed by atoms with van der Waals surface area (Å²) in [5, 5.41) is 11.2. The second-order valence-corrected chi connectivity index (χ2v) is 10.1. The van der Waals surface area contributed by atoms with Gasteiger partial charge in [0.1, 0.15) is 18.1 Å². The van der Waals surface area contributed by atoms with E-state index in [-0.39, 0.29) is 34.7 Å². The molecule has 2 aromatic heterocycles. The van der Waals surface area contributed by atoms with Crippen LogP contribution in [0.3, 0.4) is 0 Å². The summed E-state index contributed by atoms with van der Waals surface area (Å²) in [5.74, 6) is -1.62. The van der Waals surface area contributed by atoms with Crippen LogP contribution in [-0.2, 0) is 11.3 Å². The lowest BCUT2D eigenvalue weighted by Gasteiger charge is -2.20. The Kier molecular flexibility index (Phi) is 6.68. The molecule has 0 radical (unpaired) electrons. The summed E-state index contributed by atoms with van der Waals surface area (Å²) in [5.41, 5.74) is 1.00. The van der Waals surface area contributed by atoms with Crippen LogP contribution >= 0.6 is 22.9 Å². The van der Waals surface area contributed by atoms with Crippen molar-refractivity contribution in [1.82, 2.24) is 4.98 Å². The molecule has 12 heteroatoms. The molecule has 0 saturated carbocycles. The lowest BCUT2D eigenvalue weighted by molar-refractivity contribution is -0.838. The summed E-state index contributed by atoms with van der Waals surface area (Å²) < 4.78 is 58.6. The number of hydrogen-bond donors (Lipinski definition) is 2. The molecule has 3 heterocycles. The first-order valence-electron chi connectivity index (χ1n) is 11.1. The molecule has 6 nitrogen and oxygen atoms in total. The molecule has 1 amide bonds. The molecule has 0 bridgehead atoms. The van der Waals surface area contributed by atoms with Gasteiger partial charge in [0.05, 0.1) is 10.4 Å². The largest absolute Gasteiger partial charge is 0.573 e. The van der Waals surface area contributed by atoms with Crippen molar-refractivity contribution >= 4 is 46.1 Å². The van der Waals surface area contributed by atoms with E-state index in [0.29, 0.717) is 15.2 Å². The minimum atomic E-state index is -4.95. The quantitative estimate of drug-likeness (QED) is 0.258. The smallest absolute Gasteiger partial charge is 0.459 e. The van der Waals surface area contributed by atoms with Gasteiger partial charge in [0.2, 0.25) is 0 Å². The van der Waals surface area contributed by atoms with Gasteiger partial charge in [0.25, 0.3) is 0 Å². The number of benzene rings is 2. The van der Waals surface area contributed by atoms with Gasteiger partial charge in [-0.15, -0.1) is 24.5 Å². The van der Waals surface area contributed by atoms with Gasteiger partial charge in [0, 0.05) is 23.4 Å². The molecular weight excluding hydrogens is 546 g/mol. The third-order valence-electron chi connectivity index (χ3n) is 5.94. The first kappa shape index (κ1) is 25.8. The molecule has 38 heavy (non-hydrogen) atoms. The van der Waals surface area contributed by atoms with Gasteiger partial charge < -0.3 is 9.84 Å². The van der Waals surface area contributed by atoms with Crippen molar-refractivity contribution in [2.75, 3.05) is 0 Å². The van der Waals surface area contributed by atoms with Gasteiger partial charge in [0.15, 0.2) is 16.2 Å². The molecule has 1 aliphatic heterocycles. The number of quaternary nitrogens is 1. The van der Waals surface area contributed by atoms with Crippen molar-refractivity contribution in [3.63, 3.8) is 0 Å². The van der Waals surface area contributed by atoms with E-state index in [1.165, 1.54) is 34.1 Å². The zero-order valence-electron chi connectivity index (χ0n) is 19.5. The molecule has 0 fully saturated rings. The van der Waals surface area contributed by atoms with E-state index in [2.05, 4.69) is 9.72 Å². The van der Waals surface area contributed by atoms with Crippen molar-refractivity contribution in [2.24, 2.45) is 0 Å². The number of aliphatic hydroxyl groups excluding tert-OH is 1. The van der Waals surface area contributed by atoms with Crippen LogP contribution in [0.25, 0.3) is 22.6 Å². The molecule has 1 unspecified atom stereocenters. The van der Waals surface area contributed by atoms with Crippen LogP contribution < -0.4 is 14.2 Å². The Bertz CT molecular complexity index is 1600. The molecular formula is C26H18ClF4N3O3S+2. The van der Waals surface area contributed by atoms with E-state index in [1.54, 1.807) is 24.5 Å². The molecule has 0 spiro atoms. The van der Waals surface area contributed by atoms with Gasteiger partial charge in [-0.05, 0) is 42.8 Å². The van der Waals surface area contributed by atoms with Gasteiger partial charge in [-0.3, -0.25) is 0 Å². The number of pyridine rings is 1. The van der Waals surface area contributed by atoms with Crippen molar-refractivity contribution in [3.05, 3.63) is 93.3 Å². The van der Waals surface area contributed by atoms with Gasteiger partial charge in [-0.25, -0.2) is 14.2 Å². The highest BCUT2D eigenvalue weighted by atomic mass is 35.5. The topological polar surface area (TPSA) is 67.7 Å². The number of halogens is 5. The molecule has 5 rings (SSSR count). The number of hydrogen-bond acceptors (Lipinski definition) is 5. The maximum atomic E-state index is 14.7. The van der Waals surface area contributed by atoms with Crippen molar-refractivity contribution in [3.8, 4) is 16.9 Å². The Morgan fingerprint density at radius 3 is 2.61 bits per heavy atom. The van der Waals surface area contributed by atoms with E-state index in [0.717, 1.165) is 28.6 Å². The molecule has 4 aromatic rings. The van der Waals surface area contributed by atoms with E-state index >= 15 is 0 Å². The number of amides is 1. The number of ether oxygens (including phenoxy) is 1. The van der Waals surface area contributed by atoms with Gasteiger partial charge in [-0.2, -0.15) is 4.90 Å². The standard InChI is InChI=1S/C26H16ClF4N3O3S/c1-14-4-3-9-33-22(14)34(13-18-12-32-25(27)38-18)24(36)21(23(33)35)16-6-2-5-15(10-16)19-11-17(7-8-20(19)28)37-26(29,30)31/h2-12H,13H2,1H3/p+2. The normalized spacial score (nSPS) is 15.5. The fourth-order valence-electron chi connectivity index (χ4n) is 4.39. The molecule has 1 atom stereocenters. The predicted molar refractivity (Wildman–Crippen MR) is 132 cm³/mol. The van der Waals surface area contributed by atoms with E-state index in [4.69, 9.17) is 11.6 Å². The second-order valence-electron chi connectivity index (χ2n) is 8.44. The van der Waals surface area contributed by atoms with Crippen molar-refractivity contribution < 1.29 is 41.7 Å². The third-order valence-corrected chi connectivity index (χ3v) is 7.06. The van der Waals surface area contributed by atoms with Crippen molar-refractivity contribution in [2.45, 2.75) is 19.8 Å². The summed E-state index contributed by atoms with van der Waals surface area (Å²) in [6, 6.07) is 12.2. The van der Waals surface area contributed by atoms with Gasteiger partial charge in [-0.1, -0.05) is 34.4 Å². The highest BCUT2D eigenvalue weighted by molar-refractivity contribution is 7.15. The Morgan fingerprint density at radius 1 is 1.13 bits per heavy atom. The Hall–Kier alpha value is -3.80. The number of nitrogens with zero attached hydrogens (tertiary/aromatic N) is 2. The van der Waals surface area contributed by atoms with E-state index < -0.39 is 23.8 Å². The van der Waals surface area contributed by atoms with Crippen LogP contribution in [0.15, 0.2) is 67.0 Å². The minimum absolute atomic E-state index is 0.0383. The zero-order chi connectivity index (χ0) is 27.2. The average molecular weight is 564 g/mol. The maximum absolute atomic E-state index is 14.7. The average Bonchev–Trinajstić information content (AvgIpc) is 3.27. The molecule has 2 N–H and O–H groups in total. The molecule has 1 aliphatic rings. The lowest BCUT2D eigenvalue weighted by atomic mass is 9.97. The number of aliphatic hydroxyl groups is 1. The lowest BCUT2D eigenvalue weighted by Crippen LogP contribution is -3.11. The second kappa shape index (κ2) is 9.82. The van der Waals surface area contributed by atoms with Crippen LogP contribution in [0.1, 0.15) is 16.0 Å². The first-order chi connectivity index (χ1) is 18.0. The zero-order valence-corrected chi connectivity index (χ0v) is 21.1. The number of thiazole rings is 1. The SMILES string of the molecule is Cc1ccc[n+]2c1[NH+](Cc1cnc(Cl)s1)C(=O)C(c1cccc(-c3cc(OC(F)(F)F)ccc3F)c1)=C2O. The van der Waals surface area contributed by atoms with Crippen LogP contribution in [0.5, 0.6) is 5.75 Å². The first-order valence-corrected chi connectivity index (χ1v) is 12.3. The Morgan fingerprint density at radius 2 is 1.89 bits per heavy atom. The number of rotatable bonds is 5. The van der Waals surface area contributed by atoms with Crippen LogP contribution in [-0.4, -0.2) is 22.4 Å². The fourth-order valence-corrected chi connectivity index (χ4v) is 5.38. The highest BCUT2D eigenvalue weighted by Crippen LogP contribution is 2.33. The third kappa shape index (κ3) is 5.00. The molecule has 0 saturated heterocycles. The monoisotopic (exact) mass is 563 g/mol. The summed E-state index contributed by atoms with van der Waals surface area (Å²) in [7, 11) is 0. The number of carbonyl (C=O) groups is 1. The summed E-state index contributed by atoms with van der Waals surface area (Å²) in [4.78, 5) is 19.0. The maximum Gasteiger partial charge on any atom is 0.573 e. The number of aromatic nitrogens is 2. The number of alkyl halides is 3. The molecule has 194 valence electrons.